The fourth-order valence-corrected chi connectivity index (χ4v) is 1.91. The van der Waals surface area contributed by atoms with Crippen LogP contribution in [0.1, 0.15) is 12.8 Å². The third-order valence-electron chi connectivity index (χ3n) is 2.73. The maximum absolute atomic E-state index is 11.8. The van der Waals surface area contributed by atoms with E-state index in [-0.39, 0.29) is 12.0 Å². The van der Waals surface area contributed by atoms with Crippen LogP contribution in [-0.4, -0.2) is 39.7 Å². The van der Waals surface area contributed by atoms with Crippen LogP contribution in [0.2, 0.25) is 0 Å². The third kappa shape index (κ3) is 2.59. The number of aromatic nitrogens is 1. The van der Waals surface area contributed by atoms with E-state index in [2.05, 4.69) is 0 Å². The molecule has 1 aliphatic rings. The van der Waals surface area contributed by atoms with Crippen LogP contribution in [0.3, 0.4) is 0 Å². The first-order valence-electron chi connectivity index (χ1n) is 5.32. The Labute approximate surface area is 89.1 Å². The van der Waals surface area contributed by atoms with Gasteiger partial charge in [0.05, 0.1) is 6.10 Å². The Kier molecular flexibility index (Phi) is 3.06. The second-order valence-electron chi connectivity index (χ2n) is 3.99. The zero-order chi connectivity index (χ0) is 10.7. The molecule has 1 amide bonds. The number of hydrogen-bond donors (Lipinski definition) is 1. The molecule has 2 rings (SSSR count). The van der Waals surface area contributed by atoms with Crippen LogP contribution >= 0.6 is 0 Å². The van der Waals surface area contributed by atoms with Crippen molar-refractivity contribution in [1.82, 2.24) is 9.47 Å². The van der Waals surface area contributed by atoms with Crippen molar-refractivity contribution in [3.8, 4) is 0 Å². The van der Waals surface area contributed by atoms with E-state index >= 15 is 0 Å². The number of carbonyl (C=O) groups is 1. The molecule has 0 aliphatic carbocycles. The van der Waals surface area contributed by atoms with Crippen LogP contribution in [0.5, 0.6) is 0 Å². The molecule has 1 aromatic rings. The van der Waals surface area contributed by atoms with Gasteiger partial charge in [-0.05, 0) is 25.0 Å². The van der Waals surface area contributed by atoms with Crippen molar-refractivity contribution < 1.29 is 9.90 Å². The van der Waals surface area contributed by atoms with Gasteiger partial charge in [0.2, 0.25) is 5.91 Å². The monoisotopic (exact) mass is 208 g/mol. The topological polar surface area (TPSA) is 45.5 Å². The van der Waals surface area contributed by atoms with Crippen molar-refractivity contribution in [3.63, 3.8) is 0 Å². The average molecular weight is 208 g/mol. The van der Waals surface area contributed by atoms with Crippen molar-refractivity contribution in [2.24, 2.45) is 0 Å². The summed E-state index contributed by atoms with van der Waals surface area (Å²) < 4.78 is 1.85. The number of piperidine rings is 1. The molecule has 15 heavy (non-hydrogen) atoms. The quantitative estimate of drug-likeness (QED) is 0.768. The van der Waals surface area contributed by atoms with Crippen LogP contribution in [0.15, 0.2) is 24.5 Å². The summed E-state index contributed by atoms with van der Waals surface area (Å²) in [6.07, 6.45) is 5.12. The van der Waals surface area contributed by atoms with Crippen molar-refractivity contribution in [2.45, 2.75) is 25.5 Å². The number of nitrogens with zero attached hydrogens (tertiary/aromatic N) is 2. The van der Waals surface area contributed by atoms with Gasteiger partial charge in [0.25, 0.3) is 0 Å². The zero-order valence-electron chi connectivity index (χ0n) is 8.67. The van der Waals surface area contributed by atoms with Crippen molar-refractivity contribution >= 4 is 5.91 Å². The summed E-state index contributed by atoms with van der Waals surface area (Å²) >= 11 is 0. The summed E-state index contributed by atoms with van der Waals surface area (Å²) in [5, 5.41) is 9.45. The number of likely N-dealkylation sites (tertiary alicyclic amines) is 1. The predicted octanol–water partition coefficient (Wildman–Crippen LogP) is 0.471. The molecule has 82 valence electrons. The standard InChI is InChI=1S/C11H16N2O2/c14-10-4-3-7-13(8-10)11(15)9-12-5-1-2-6-12/h1-2,5-6,10,14H,3-4,7-9H2. The van der Waals surface area contributed by atoms with Crippen molar-refractivity contribution in [1.29, 1.82) is 0 Å². The molecule has 0 radical (unpaired) electrons. The molecule has 1 aromatic heterocycles. The predicted molar refractivity (Wildman–Crippen MR) is 56.3 cm³/mol. The molecule has 1 fully saturated rings. The van der Waals surface area contributed by atoms with Crippen LogP contribution in [-0.2, 0) is 11.3 Å². The van der Waals surface area contributed by atoms with E-state index in [0.29, 0.717) is 13.1 Å². The lowest BCUT2D eigenvalue weighted by atomic mass is 10.1. The Bertz CT molecular complexity index is 321. The number of carbonyl (C=O) groups excluding carboxylic acids is 1. The van der Waals surface area contributed by atoms with E-state index in [4.69, 9.17) is 0 Å². The van der Waals surface area contributed by atoms with Gasteiger partial charge in [-0.15, -0.1) is 0 Å². The van der Waals surface area contributed by atoms with Gasteiger partial charge in [0.1, 0.15) is 6.54 Å². The van der Waals surface area contributed by atoms with Gasteiger partial charge in [0.15, 0.2) is 0 Å². The van der Waals surface area contributed by atoms with Gasteiger partial charge < -0.3 is 14.6 Å². The first kappa shape index (κ1) is 10.2. The summed E-state index contributed by atoms with van der Waals surface area (Å²) in [7, 11) is 0. The molecule has 1 atom stereocenters. The van der Waals surface area contributed by atoms with E-state index in [1.807, 2.05) is 29.1 Å². The van der Waals surface area contributed by atoms with Gasteiger partial charge in [-0.25, -0.2) is 0 Å². The Hall–Kier alpha value is -1.29. The highest BCUT2D eigenvalue weighted by atomic mass is 16.3. The molecule has 1 unspecified atom stereocenters. The molecule has 4 heteroatoms. The summed E-state index contributed by atoms with van der Waals surface area (Å²) in [5.41, 5.74) is 0. The molecule has 2 heterocycles. The number of aliphatic hydroxyl groups is 1. The first-order chi connectivity index (χ1) is 7.25. The van der Waals surface area contributed by atoms with Crippen LogP contribution in [0.4, 0.5) is 0 Å². The lowest BCUT2D eigenvalue weighted by Gasteiger charge is -2.30. The maximum atomic E-state index is 11.8. The second kappa shape index (κ2) is 4.49. The first-order valence-corrected chi connectivity index (χ1v) is 5.32. The van der Waals surface area contributed by atoms with E-state index in [1.54, 1.807) is 4.90 Å². The molecule has 4 nitrogen and oxygen atoms in total. The molecule has 0 aromatic carbocycles. The SMILES string of the molecule is O=C(Cn1cccc1)N1CCCC(O)C1. The molecule has 0 spiro atoms. The number of rotatable bonds is 2. The minimum absolute atomic E-state index is 0.0879. The molecular formula is C11H16N2O2. The highest BCUT2D eigenvalue weighted by molar-refractivity contribution is 5.76. The smallest absolute Gasteiger partial charge is 0.242 e. The van der Waals surface area contributed by atoms with Crippen molar-refractivity contribution in [3.05, 3.63) is 24.5 Å². The van der Waals surface area contributed by atoms with Crippen molar-refractivity contribution in [2.75, 3.05) is 13.1 Å². The lowest BCUT2D eigenvalue weighted by molar-refractivity contribution is -0.134. The fraction of sp³-hybridized carbons (Fsp3) is 0.545. The van der Waals surface area contributed by atoms with Crippen LogP contribution < -0.4 is 0 Å². The second-order valence-corrected chi connectivity index (χ2v) is 3.99. The minimum atomic E-state index is -0.340. The lowest BCUT2D eigenvalue weighted by Crippen LogP contribution is -2.43. The largest absolute Gasteiger partial charge is 0.391 e. The molecule has 1 N–H and O–H groups in total. The fourth-order valence-electron chi connectivity index (χ4n) is 1.91. The normalized spacial score (nSPS) is 21.7. The summed E-state index contributed by atoms with van der Waals surface area (Å²) in [5.74, 6) is 0.0879. The highest BCUT2D eigenvalue weighted by Crippen LogP contribution is 2.10. The van der Waals surface area contributed by atoms with Gasteiger partial charge in [-0.3, -0.25) is 4.79 Å². The number of amides is 1. The van der Waals surface area contributed by atoms with Gasteiger partial charge in [-0.1, -0.05) is 0 Å². The van der Waals surface area contributed by atoms with Gasteiger partial charge >= 0.3 is 0 Å². The minimum Gasteiger partial charge on any atom is -0.391 e. The van der Waals surface area contributed by atoms with E-state index in [1.165, 1.54) is 0 Å². The number of aliphatic hydroxyl groups excluding tert-OH is 1. The zero-order valence-corrected chi connectivity index (χ0v) is 8.67. The maximum Gasteiger partial charge on any atom is 0.242 e. The van der Waals surface area contributed by atoms with Gasteiger partial charge in [-0.2, -0.15) is 0 Å². The van der Waals surface area contributed by atoms with Gasteiger partial charge in [0, 0.05) is 25.5 Å². The van der Waals surface area contributed by atoms with E-state index < -0.39 is 0 Å². The Morgan fingerprint density at radius 2 is 2.13 bits per heavy atom. The van der Waals surface area contributed by atoms with E-state index in [9.17, 15) is 9.90 Å². The number of hydrogen-bond acceptors (Lipinski definition) is 2. The molecule has 0 saturated carbocycles. The average Bonchev–Trinajstić information content (AvgIpc) is 2.70. The van der Waals surface area contributed by atoms with Crippen LogP contribution in [0.25, 0.3) is 0 Å². The third-order valence-corrected chi connectivity index (χ3v) is 2.73. The van der Waals surface area contributed by atoms with Crippen LogP contribution in [0, 0.1) is 0 Å². The Morgan fingerprint density at radius 1 is 1.40 bits per heavy atom. The summed E-state index contributed by atoms with van der Waals surface area (Å²) in [6, 6.07) is 3.80. The molecule has 1 aliphatic heterocycles. The highest BCUT2D eigenvalue weighted by Gasteiger charge is 2.21. The Morgan fingerprint density at radius 3 is 2.80 bits per heavy atom. The number of β-amino-alcohol motifs (C(OH)–C–C–N with tert-alkyl or cyclic N) is 1. The molecule has 1 saturated heterocycles. The molecule has 0 bridgehead atoms. The Balaban J connectivity index is 1.90. The van der Waals surface area contributed by atoms with E-state index in [0.717, 1.165) is 19.4 Å². The summed E-state index contributed by atoms with van der Waals surface area (Å²) in [4.78, 5) is 13.5. The molecular weight excluding hydrogens is 192 g/mol. The summed E-state index contributed by atoms with van der Waals surface area (Å²) in [6.45, 7) is 1.64.